The van der Waals surface area contributed by atoms with Gasteiger partial charge in [0.1, 0.15) is 5.82 Å². The predicted molar refractivity (Wildman–Crippen MR) is 87.8 cm³/mol. The van der Waals surface area contributed by atoms with Crippen LogP contribution in [0.2, 0.25) is 0 Å². The van der Waals surface area contributed by atoms with Crippen molar-refractivity contribution in [1.29, 1.82) is 0 Å². The molecule has 0 aliphatic carbocycles. The second kappa shape index (κ2) is 6.27. The van der Waals surface area contributed by atoms with E-state index in [1.165, 1.54) is 24.9 Å². The Balaban J connectivity index is 1.89. The summed E-state index contributed by atoms with van der Waals surface area (Å²) in [4.78, 5) is 7.15. The van der Waals surface area contributed by atoms with Crippen LogP contribution in [0, 0.1) is 0 Å². The molecule has 2 aromatic rings. The summed E-state index contributed by atoms with van der Waals surface area (Å²) in [5, 5.41) is 3.47. The molecule has 0 spiro atoms. The minimum Gasteiger partial charge on any atom is -0.340 e. The number of nitrogens with zero attached hydrogens (tertiary/aromatic N) is 2. The van der Waals surface area contributed by atoms with E-state index in [9.17, 15) is 0 Å². The van der Waals surface area contributed by atoms with Gasteiger partial charge in [-0.2, -0.15) is 0 Å². The minimum atomic E-state index is 0.477. The number of hydrogen-bond acceptors (Lipinski definition) is 3. The Morgan fingerprint density at radius 1 is 1.14 bits per heavy atom. The zero-order valence-electron chi connectivity index (χ0n) is 12.8. The first-order valence-corrected chi connectivity index (χ1v) is 7.78. The molecule has 1 N–H and O–H groups in total. The van der Waals surface area contributed by atoms with Crippen LogP contribution >= 0.6 is 0 Å². The zero-order valence-corrected chi connectivity index (χ0v) is 12.8. The molecule has 1 aliphatic heterocycles. The van der Waals surface area contributed by atoms with Gasteiger partial charge in [-0.05, 0) is 51.4 Å². The SMILES string of the molecule is CC(C)N1CCCC1c1cccnc1Nc1ccccc1. The van der Waals surface area contributed by atoms with Crippen molar-refractivity contribution in [2.75, 3.05) is 11.9 Å². The number of benzene rings is 1. The number of pyridine rings is 1. The maximum Gasteiger partial charge on any atom is 0.135 e. The topological polar surface area (TPSA) is 28.2 Å². The number of hydrogen-bond donors (Lipinski definition) is 1. The number of likely N-dealkylation sites (tertiary alicyclic amines) is 1. The second-order valence-electron chi connectivity index (χ2n) is 5.92. The molecular formula is C18H23N3. The van der Waals surface area contributed by atoms with E-state index in [-0.39, 0.29) is 0 Å². The largest absolute Gasteiger partial charge is 0.340 e. The van der Waals surface area contributed by atoms with Crippen LogP contribution in [0.1, 0.15) is 38.3 Å². The van der Waals surface area contributed by atoms with Crippen LogP contribution in [0.25, 0.3) is 0 Å². The number of rotatable bonds is 4. The quantitative estimate of drug-likeness (QED) is 0.902. The van der Waals surface area contributed by atoms with E-state index in [0.717, 1.165) is 11.5 Å². The summed E-state index contributed by atoms with van der Waals surface area (Å²) in [6.45, 7) is 5.74. The summed E-state index contributed by atoms with van der Waals surface area (Å²) in [5.74, 6) is 0.987. The summed E-state index contributed by atoms with van der Waals surface area (Å²) in [6.07, 6.45) is 4.35. The standard InChI is InChI=1S/C18H23N3/c1-14(2)21-13-7-11-17(21)16-10-6-12-19-18(16)20-15-8-4-3-5-9-15/h3-6,8-10,12,14,17H,7,11,13H2,1-2H3,(H,19,20). The second-order valence-corrected chi connectivity index (χ2v) is 5.92. The molecule has 1 fully saturated rings. The maximum absolute atomic E-state index is 4.57. The van der Waals surface area contributed by atoms with Crippen LogP contribution < -0.4 is 5.32 Å². The molecule has 0 bridgehead atoms. The summed E-state index contributed by atoms with van der Waals surface area (Å²) >= 11 is 0. The molecular weight excluding hydrogens is 258 g/mol. The lowest BCUT2D eigenvalue weighted by Gasteiger charge is -2.29. The van der Waals surface area contributed by atoms with Gasteiger partial charge in [0.25, 0.3) is 0 Å². The van der Waals surface area contributed by atoms with Crippen molar-refractivity contribution < 1.29 is 0 Å². The van der Waals surface area contributed by atoms with Gasteiger partial charge in [-0.15, -0.1) is 0 Å². The van der Waals surface area contributed by atoms with E-state index < -0.39 is 0 Å². The first-order chi connectivity index (χ1) is 10.3. The van der Waals surface area contributed by atoms with E-state index >= 15 is 0 Å². The normalized spacial score (nSPS) is 19.1. The molecule has 3 rings (SSSR count). The highest BCUT2D eigenvalue weighted by Gasteiger charge is 2.29. The van der Waals surface area contributed by atoms with E-state index in [1.807, 2.05) is 30.5 Å². The molecule has 110 valence electrons. The third kappa shape index (κ3) is 3.08. The van der Waals surface area contributed by atoms with Crippen LogP contribution in [0.5, 0.6) is 0 Å². The van der Waals surface area contributed by atoms with Gasteiger partial charge in [-0.3, -0.25) is 4.90 Å². The third-order valence-corrected chi connectivity index (χ3v) is 4.19. The van der Waals surface area contributed by atoms with Crippen molar-refractivity contribution in [2.45, 2.75) is 38.8 Å². The van der Waals surface area contributed by atoms with Gasteiger partial charge in [-0.1, -0.05) is 24.3 Å². The molecule has 0 radical (unpaired) electrons. The summed E-state index contributed by atoms with van der Waals surface area (Å²) in [6, 6.07) is 15.6. The fourth-order valence-electron chi connectivity index (χ4n) is 3.19. The smallest absolute Gasteiger partial charge is 0.135 e. The Labute approximate surface area is 127 Å². The van der Waals surface area contributed by atoms with Crippen LogP contribution in [-0.4, -0.2) is 22.5 Å². The fraction of sp³-hybridized carbons (Fsp3) is 0.389. The van der Waals surface area contributed by atoms with Gasteiger partial charge in [-0.25, -0.2) is 4.98 Å². The molecule has 3 nitrogen and oxygen atoms in total. The molecule has 1 aromatic heterocycles. The van der Waals surface area contributed by atoms with Crippen LogP contribution in [-0.2, 0) is 0 Å². The molecule has 1 unspecified atom stereocenters. The Bertz CT molecular complexity index is 580. The number of para-hydroxylation sites is 1. The van der Waals surface area contributed by atoms with Crippen molar-refractivity contribution in [1.82, 2.24) is 9.88 Å². The zero-order chi connectivity index (χ0) is 14.7. The van der Waals surface area contributed by atoms with Crippen molar-refractivity contribution in [3.8, 4) is 0 Å². The summed E-state index contributed by atoms with van der Waals surface area (Å²) in [7, 11) is 0. The van der Waals surface area contributed by atoms with Gasteiger partial charge >= 0.3 is 0 Å². The maximum atomic E-state index is 4.57. The van der Waals surface area contributed by atoms with Crippen molar-refractivity contribution >= 4 is 11.5 Å². The molecule has 1 atom stereocenters. The average molecular weight is 281 g/mol. The Hall–Kier alpha value is -1.87. The molecule has 1 aliphatic rings. The minimum absolute atomic E-state index is 0.477. The Kier molecular flexibility index (Phi) is 4.20. The first-order valence-electron chi connectivity index (χ1n) is 7.78. The van der Waals surface area contributed by atoms with Gasteiger partial charge in [0, 0.05) is 29.5 Å². The van der Waals surface area contributed by atoms with Crippen LogP contribution in [0.4, 0.5) is 11.5 Å². The van der Waals surface area contributed by atoms with E-state index in [2.05, 4.69) is 47.2 Å². The molecule has 1 aromatic carbocycles. The Morgan fingerprint density at radius 3 is 2.71 bits per heavy atom. The predicted octanol–water partition coefficient (Wildman–Crippen LogP) is 4.37. The lowest BCUT2D eigenvalue weighted by Crippen LogP contribution is -2.30. The molecule has 21 heavy (non-hydrogen) atoms. The molecule has 1 saturated heterocycles. The fourth-order valence-corrected chi connectivity index (χ4v) is 3.19. The Morgan fingerprint density at radius 2 is 1.95 bits per heavy atom. The molecule has 0 amide bonds. The number of nitrogens with one attached hydrogen (secondary N) is 1. The van der Waals surface area contributed by atoms with Crippen LogP contribution in [0.15, 0.2) is 48.7 Å². The van der Waals surface area contributed by atoms with E-state index in [4.69, 9.17) is 0 Å². The van der Waals surface area contributed by atoms with Crippen molar-refractivity contribution in [3.05, 3.63) is 54.2 Å². The highest BCUT2D eigenvalue weighted by molar-refractivity contribution is 5.59. The lowest BCUT2D eigenvalue weighted by molar-refractivity contribution is 0.206. The van der Waals surface area contributed by atoms with E-state index in [0.29, 0.717) is 12.1 Å². The van der Waals surface area contributed by atoms with Gasteiger partial charge in [0.15, 0.2) is 0 Å². The van der Waals surface area contributed by atoms with Gasteiger partial charge in [0.05, 0.1) is 0 Å². The monoisotopic (exact) mass is 281 g/mol. The van der Waals surface area contributed by atoms with Gasteiger partial charge < -0.3 is 5.32 Å². The molecule has 0 saturated carbocycles. The number of aromatic nitrogens is 1. The van der Waals surface area contributed by atoms with Crippen LogP contribution in [0.3, 0.4) is 0 Å². The van der Waals surface area contributed by atoms with E-state index in [1.54, 1.807) is 0 Å². The number of anilines is 2. The summed E-state index contributed by atoms with van der Waals surface area (Å²) < 4.78 is 0. The molecule has 3 heteroatoms. The van der Waals surface area contributed by atoms with Crippen molar-refractivity contribution in [3.63, 3.8) is 0 Å². The van der Waals surface area contributed by atoms with Gasteiger partial charge in [0.2, 0.25) is 0 Å². The highest BCUT2D eigenvalue weighted by Crippen LogP contribution is 2.37. The molecule has 2 heterocycles. The lowest BCUT2D eigenvalue weighted by atomic mass is 10.0. The highest BCUT2D eigenvalue weighted by atomic mass is 15.2. The van der Waals surface area contributed by atoms with Crippen molar-refractivity contribution in [2.24, 2.45) is 0 Å². The average Bonchev–Trinajstić information content (AvgIpc) is 2.98. The summed E-state index contributed by atoms with van der Waals surface area (Å²) in [5.41, 5.74) is 2.40. The third-order valence-electron chi connectivity index (χ3n) is 4.19. The first kappa shape index (κ1) is 14.1.